The van der Waals surface area contributed by atoms with E-state index in [-0.39, 0.29) is 29.9 Å². The van der Waals surface area contributed by atoms with E-state index in [2.05, 4.69) is 30.6 Å². The highest BCUT2D eigenvalue weighted by molar-refractivity contribution is 14.0. The van der Waals surface area contributed by atoms with Gasteiger partial charge in [-0.2, -0.15) is 0 Å². The van der Waals surface area contributed by atoms with E-state index in [0.717, 1.165) is 31.4 Å². The number of guanidine groups is 1. The van der Waals surface area contributed by atoms with Gasteiger partial charge in [0, 0.05) is 26.2 Å². The summed E-state index contributed by atoms with van der Waals surface area (Å²) in [6.45, 7) is 11.6. The lowest BCUT2D eigenvalue weighted by Gasteiger charge is -2.37. The van der Waals surface area contributed by atoms with Gasteiger partial charge in [0.25, 0.3) is 0 Å². The Balaban J connectivity index is 0.00000264. The fourth-order valence-corrected chi connectivity index (χ4v) is 4.97. The maximum atomic E-state index is 11.6. The van der Waals surface area contributed by atoms with Gasteiger partial charge in [-0.3, -0.25) is 4.99 Å². The van der Waals surface area contributed by atoms with E-state index in [0.29, 0.717) is 30.5 Å². The monoisotopic (exact) mass is 455 g/mol. The molecule has 0 bridgehead atoms. The minimum atomic E-state index is -2.82. The lowest BCUT2D eigenvalue weighted by Crippen LogP contribution is -2.48. The number of aliphatic imine (C=N–C) groups is 1. The summed E-state index contributed by atoms with van der Waals surface area (Å²) in [5.74, 6) is 3.09. The molecule has 3 unspecified atom stereocenters. The van der Waals surface area contributed by atoms with Gasteiger partial charge in [-0.15, -0.1) is 30.6 Å². The van der Waals surface area contributed by atoms with Crippen LogP contribution in [0.3, 0.4) is 0 Å². The molecule has 0 aliphatic carbocycles. The van der Waals surface area contributed by atoms with Gasteiger partial charge in [0.05, 0.1) is 11.5 Å². The van der Waals surface area contributed by atoms with Crippen LogP contribution in [0.1, 0.15) is 26.7 Å². The van der Waals surface area contributed by atoms with Crippen molar-refractivity contribution in [3.8, 4) is 0 Å². The van der Waals surface area contributed by atoms with E-state index >= 15 is 0 Å². The van der Waals surface area contributed by atoms with Gasteiger partial charge < -0.3 is 10.2 Å². The number of nitrogens with zero attached hydrogens (tertiary/aromatic N) is 2. The zero-order chi connectivity index (χ0) is 16.2. The first-order chi connectivity index (χ1) is 10.4. The molecule has 2 rings (SSSR count). The van der Waals surface area contributed by atoms with Gasteiger partial charge in [0.1, 0.15) is 0 Å². The first-order valence-electron chi connectivity index (χ1n) is 8.26. The maximum absolute atomic E-state index is 11.6. The Labute approximate surface area is 157 Å². The van der Waals surface area contributed by atoms with Crippen molar-refractivity contribution in [2.45, 2.75) is 26.7 Å². The number of halogens is 1. The maximum Gasteiger partial charge on any atom is 0.194 e. The van der Waals surface area contributed by atoms with E-state index in [9.17, 15) is 8.42 Å². The van der Waals surface area contributed by atoms with Crippen molar-refractivity contribution in [3.05, 3.63) is 12.7 Å². The molecule has 0 aromatic rings. The highest BCUT2D eigenvalue weighted by atomic mass is 127. The summed E-state index contributed by atoms with van der Waals surface area (Å²) in [7, 11) is -2.82. The zero-order valence-corrected chi connectivity index (χ0v) is 17.3. The molecule has 134 valence electrons. The number of nitrogens with one attached hydrogen (secondary N) is 1. The van der Waals surface area contributed by atoms with Crippen molar-refractivity contribution in [2.24, 2.45) is 22.7 Å². The molecule has 0 saturated carbocycles. The molecule has 0 aromatic heterocycles. The molecule has 0 spiro atoms. The van der Waals surface area contributed by atoms with Gasteiger partial charge in [-0.25, -0.2) is 8.42 Å². The third-order valence-corrected chi connectivity index (χ3v) is 6.70. The molecule has 2 aliphatic heterocycles. The van der Waals surface area contributed by atoms with Crippen molar-refractivity contribution in [1.82, 2.24) is 10.2 Å². The van der Waals surface area contributed by atoms with Crippen LogP contribution in [0.2, 0.25) is 0 Å². The molecule has 2 saturated heterocycles. The molecule has 0 aromatic carbocycles. The van der Waals surface area contributed by atoms with Crippen LogP contribution >= 0.6 is 24.0 Å². The second kappa shape index (κ2) is 9.25. The summed E-state index contributed by atoms with van der Waals surface area (Å²) in [4.78, 5) is 7.01. The van der Waals surface area contributed by atoms with E-state index < -0.39 is 9.84 Å². The van der Waals surface area contributed by atoms with Crippen LogP contribution in [0.5, 0.6) is 0 Å². The predicted octanol–water partition coefficient (Wildman–Crippen LogP) is 2.15. The Morgan fingerprint density at radius 3 is 2.65 bits per heavy atom. The summed E-state index contributed by atoms with van der Waals surface area (Å²) in [5.41, 5.74) is 0. The average Bonchev–Trinajstić information content (AvgIpc) is 2.82. The quantitative estimate of drug-likeness (QED) is 0.306. The number of hydrogen-bond acceptors (Lipinski definition) is 3. The minimum Gasteiger partial charge on any atom is -0.353 e. The first-order valence-corrected chi connectivity index (χ1v) is 10.1. The third-order valence-electron chi connectivity index (χ3n) is 4.86. The topological polar surface area (TPSA) is 61.8 Å². The van der Waals surface area contributed by atoms with Crippen molar-refractivity contribution in [1.29, 1.82) is 0 Å². The van der Waals surface area contributed by atoms with Crippen LogP contribution in [0, 0.1) is 17.8 Å². The largest absolute Gasteiger partial charge is 0.353 e. The normalized spacial score (nSPS) is 30.6. The van der Waals surface area contributed by atoms with E-state index in [1.807, 2.05) is 6.08 Å². The number of likely N-dealkylation sites (tertiary alicyclic amines) is 1. The molecule has 3 atom stereocenters. The zero-order valence-electron chi connectivity index (χ0n) is 14.2. The number of hydrogen-bond donors (Lipinski definition) is 1. The summed E-state index contributed by atoms with van der Waals surface area (Å²) in [5, 5.41) is 3.33. The molecule has 23 heavy (non-hydrogen) atoms. The van der Waals surface area contributed by atoms with Crippen LogP contribution in [0.4, 0.5) is 0 Å². The smallest absolute Gasteiger partial charge is 0.194 e. The average molecular weight is 455 g/mol. The molecule has 2 aliphatic rings. The summed E-state index contributed by atoms with van der Waals surface area (Å²) in [6.07, 6.45) is 3.74. The van der Waals surface area contributed by atoms with Crippen molar-refractivity contribution < 1.29 is 8.42 Å². The van der Waals surface area contributed by atoms with Gasteiger partial charge in [-0.1, -0.05) is 19.9 Å². The lowest BCUT2D eigenvalue weighted by molar-refractivity contribution is 0.200. The highest BCUT2D eigenvalue weighted by Crippen LogP contribution is 2.23. The molecule has 2 fully saturated rings. The minimum absolute atomic E-state index is 0. The molecular weight excluding hydrogens is 425 g/mol. The second-order valence-electron chi connectivity index (χ2n) is 6.79. The van der Waals surface area contributed by atoms with Gasteiger partial charge in [0.15, 0.2) is 15.8 Å². The standard InChI is InChI=1S/C16H29N3O2S.HI/c1-4-7-17-16(19-8-5-13(2)14(3)11-19)18-10-15-6-9-22(20,21)12-15;/h4,13-15H,1,5-12H2,2-3H3,(H,17,18);1H. The Bertz CT molecular complexity index is 521. The molecule has 5 nitrogen and oxygen atoms in total. The highest BCUT2D eigenvalue weighted by Gasteiger charge is 2.28. The van der Waals surface area contributed by atoms with Crippen LogP contribution in [0.15, 0.2) is 17.6 Å². The predicted molar refractivity (Wildman–Crippen MR) is 107 cm³/mol. The second-order valence-corrected chi connectivity index (χ2v) is 9.02. The van der Waals surface area contributed by atoms with Gasteiger partial charge in [0.2, 0.25) is 0 Å². The van der Waals surface area contributed by atoms with Crippen molar-refractivity contribution in [3.63, 3.8) is 0 Å². The Morgan fingerprint density at radius 1 is 1.35 bits per heavy atom. The van der Waals surface area contributed by atoms with Crippen molar-refractivity contribution in [2.75, 3.05) is 37.7 Å². The van der Waals surface area contributed by atoms with E-state index in [1.165, 1.54) is 6.42 Å². The Kier molecular flexibility index (Phi) is 8.33. The van der Waals surface area contributed by atoms with E-state index in [4.69, 9.17) is 4.99 Å². The van der Waals surface area contributed by atoms with Crippen LogP contribution in [-0.2, 0) is 9.84 Å². The van der Waals surface area contributed by atoms with Crippen LogP contribution in [0.25, 0.3) is 0 Å². The van der Waals surface area contributed by atoms with Gasteiger partial charge in [-0.05, 0) is 30.6 Å². The molecule has 0 radical (unpaired) electrons. The first kappa shape index (κ1) is 20.7. The van der Waals surface area contributed by atoms with E-state index in [1.54, 1.807) is 0 Å². The lowest BCUT2D eigenvalue weighted by atomic mass is 9.89. The SMILES string of the molecule is C=CCNC(=NCC1CCS(=O)(=O)C1)N1CCC(C)C(C)C1.I. The number of piperidine rings is 1. The molecule has 2 heterocycles. The third kappa shape index (κ3) is 6.25. The number of sulfone groups is 1. The number of rotatable bonds is 4. The fraction of sp³-hybridized carbons (Fsp3) is 0.812. The molecule has 7 heteroatoms. The van der Waals surface area contributed by atoms with Gasteiger partial charge >= 0.3 is 0 Å². The molecule has 0 amide bonds. The van der Waals surface area contributed by atoms with Crippen molar-refractivity contribution >= 4 is 39.8 Å². The van der Waals surface area contributed by atoms with Crippen LogP contribution in [-0.4, -0.2) is 57.0 Å². The Morgan fingerprint density at radius 2 is 2.09 bits per heavy atom. The molecule has 1 N–H and O–H groups in total. The summed E-state index contributed by atoms with van der Waals surface area (Å²) < 4.78 is 23.1. The fourth-order valence-electron chi connectivity index (χ4n) is 3.12. The summed E-state index contributed by atoms with van der Waals surface area (Å²) in [6, 6.07) is 0. The summed E-state index contributed by atoms with van der Waals surface area (Å²) >= 11 is 0. The van der Waals surface area contributed by atoms with Crippen LogP contribution < -0.4 is 5.32 Å². The Hall–Kier alpha value is -0.310. The molecular formula is C16H30IN3O2S.